The van der Waals surface area contributed by atoms with Crippen molar-refractivity contribution >= 4 is 0 Å². The van der Waals surface area contributed by atoms with E-state index < -0.39 is 0 Å². The lowest BCUT2D eigenvalue weighted by Gasteiger charge is -2.27. The molecule has 3 saturated carbocycles. The van der Waals surface area contributed by atoms with Gasteiger partial charge in [-0.2, -0.15) is 0 Å². The van der Waals surface area contributed by atoms with Crippen molar-refractivity contribution in [3.05, 3.63) is 11.6 Å². The van der Waals surface area contributed by atoms with Gasteiger partial charge in [-0.05, 0) is 25.2 Å². The van der Waals surface area contributed by atoms with Gasteiger partial charge in [0, 0.05) is 5.41 Å². The summed E-state index contributed by atoms with van der Waals surface area (Å²) >= 11 is 0. The second-order valence-electron chi connectivity index (χ2n) is 3.30. The molecule has 0 heteroatoms. The lowest BCUT2D eigenvalue weighted by Crippen LogP contribution is -2.18. The van der Waals surface area contributed by atoms with Gasteiger partial charge < -0.3 is 0 Å². The van der Waals surface area contributed by atoms with Crippen molar-refractivity contribution in [3.8, 4) is 0 Å². The Morgan fingerprint density at radius 2 is 2.43 bits per heavy atom. The summed E-state index contributed by atoms with van der Waals surface area (Å²) in [5.41, 5.74) is 2.60. The third kappa shape index (κ3) is 0.155. The van der Waals surface area contributed by atoms with Crippen LogP contribution in [0.4, 0.5) is 0 Å². The summed E-state index contributed by atoms with van der Waals surface area (Å²) in [4.78, 5) is 0. The molecule has 0 atom stereocenters. The highest BCUT2D eigenvalue weighted by Gasteiger charge is 2.60. The van der Waals surface area contributed by atoms with E-state index >= 15 is 0 Å². The maximum Gasteiger partial charge on any atom is 0.00996 e. The minimum Gasteiger partial charge on any atom is -0.0742 e. The Balaban J connectivity index is 2.23. The van der Waals surface area contributed by atoms with E-state index in [9.17, 15) is 0 Å². The Morgan fingerprint density at radius 1 is 1.57 bits per heavy atom. The van der Waals surface area contributed by atoms with Gasteiger partial charge in [0.15, 0.2) is 0 Å². The van der Waals surface area contributed by atoms with E-state index in [1.54, 1.807) is 5.57 Å². The fraction of sp³-hybridized carbons (Fsp3) is 0.714. The third-order valence-corrected chi connectivity index (χ3v) is 2.82. The van der Waals surface area contributed by atoms with Crippen molar-refractivity contribution in [1.29, 1.82) is 0 Å². The molecule has 36 valence electrons. The van der Waals surface area contributed by atoms with Crippen LogP contribution in [0.3, 0.4) is 0 Å². The number of hydrogen-bond donors (Lipinski definition) is 0. The van der Waals surface area contributed by atoms with Crippen LogP contribution >= 0.6 is 0 Å². The van der Waals surface area contributed by atoms with Gasteiger partial charge in [-0.1, -0.05) is 11.6 Å². The molecule has 2 bridgehead atoms. The van der Waals surface area contributed by atoms with Crippen LogP contribution in [-0.4, -0.2) is 0 Å². The maximum absolute atomic E-state index is 2.48. The molecule has 7 heavy (non-hydrogen) atoms. The first-order chi connectivity index (χ1) is 3.39. The SMILES string of the molecule is C1=C2CC3CC12C3. The molecule has 0 heterocycles. The Bertz CT molecular complexity index is 159. The van der Waals surface area contributed by atoms with Crippen molar-refractivity contribution in [2.45, 2.75) is 19.3 Å². The van der Waals surface area contributed by atoms with Gasteiger partial charge >= 0.3 is 0 Å². The average molecular weight is 92.1 g/mol. The van der Waals surface area contributed by atoms with Crippen molar-refractivity contribution < 1.29 is 0 Å². The first-order valence-electron chi connectivity index (χ1n) is 3.11. The minimum absolute atomic E-state index is 0.796. The van der Waals surface area contributed by atoms with Crippen molar-refractivity contribution in [2.24, 2.45) is 11.3 Å². The molecule has 4 rings (SSSR count). The number of hydrogen-bond acceptors (Lipinski definition) is 0. The van der Waals surface area contributed by atoms with Gasteiger partial charge in [-0.3, -0.25) is 0 Å². The van der Waals surface area contributed by atoms with Crippen LogP contribution in [0.5, 0.6) is 0 Å². The van der Waals surface area contributed by atoms with E-state index in [0.29, 0.717) is 0 Å². The van der Waals surface area contributed by atoms with Crippen LogP contribution in [-0.2, 0) is 0 Å². The summed E-state index contributed by atoms with van der Waals surface area (Å²) in [7, 11) is 0. The van der Waals surface area contributed by atoms with Crippen LogP contribution in [0.1, 0.15) is 19.3 Å². The van der Waals surface area contributed by atoms with Gasteiger partial charge in [0.25, 0.3) is 0 Å². The van der Waals surface area contributed by atoms with E-state index in [1.165, 1.54) is 19.3 Å². The zero-order valence-corrected chi connectivity index (χ0v) is 4.28. The van der Waals surface area contributed by atoms with E-state index in [1.807, 2.05) is 0 Å². The first kappa shape index (κ1) is 2.91. The molecule has 4 aliphatic rings. The van der Waals surface area contributed by atoms with E-state index in [2.05, 4.69) is 6.08 Å². The van der Waals surface area contributed by atoms with E-state index in [-0.39, 0.29) is 0 Å². The molecule has 0 unspecified atom stereocenters. The predicted molar refractivity (Wildman–Crippen MR) is 27.9 cm³/mol. The number of rotatable bonds is 0. The molecule has 0 saturated heterocycles. The smallest absolute Gasteiger partial charge is 0.00996 e. The van der Waals surface area contributed by atoms with Gasteiger partial charge in [0.2, 0.25) is 0 Å². The third-order valence-electron chi connectivity index (χ3n) is 2.82. The quantitative estimate of drug-likeness (QED) is 0.399. The normalized spacial score (nSPS) is 60.6. The minimum atomic E-state index is 0.796. The second kappa shape index (κ2) is 0.521. The molecule has 1 spiro atoms. The maximum atomic E-state index is 2.48. The summed E-state index contributed by atoms with van der Waals surface area (Å²) in [6, 6.07) is 0. The standard InChI is InChI=1S/C7H8/c1-5-2-7(3-5)4-6(1)7/h4-5H,1-3H2. The molecule has 0 aromatic carbocycles. The summed E-state index contributed by atoms with van der Waals surface area (Å²) in [5, 5.41) is 0. The monoisotopic (exact) mass is 92.1 g/mol. The van der Waals surface area contributed by atoms with Crippen molar-refractivity contribution in [2.75, 3.05) is 0 Å². The fourth-order valence-electron chi connectivity index (χ4n) is 2.37. The topological polar surface area (TPSA) is 0 Å². The lowest BCUT2D eigenvalue weighted by molar-refractivity contribution is 0.257. The molecule has 3 fully saturated rings. The lowest BCUT2D eigenvalue weighted by atomic mass is 9.76. The Labute approximate surface area is 43.2 Å². The zero-order valence-electron chi connectivity index (χ0n) is 4.28. The van der Waals surface area contributed by atoms with Crippen LogP contribution < -0.4 is 0 Å². The summed E-state index contributed by atoms with van der Waals surface area (Å²) < 4.78 is 0. The highest BCUT2D eigenvalue weighted by molar-refractivity contribution is 5.48. The molecule has 0 aliphatic heterocycles. The molecule has 0 nitrogen and oxygen atoms in total. The molecular weight excluding hydrogens is 84.1 g/mol. The molecule has 0 aromatic heterocycles. The molecule has 0 radical (unpaired) electrons. The van der Waals surface area contributed by atoms with Crippen LogP contribution in [0.15, 0.2) is 11.6 Å². The Morgan fingerprint density at radius 3 is 2.57 bits per heavy atom. The van der Waals surface area contributed by atoms with Crippen molar-refractivity contribution in [3.63, 3.8) is 0 Å². The predicted octanol–water partition coefficient (Wildman–Crippen LogP) is 1.73. The van der Waals surface area contributed by atoms with Gasteiger partial charge in [-0.25, -0.2) is 0 Å². The van der Waals surface area contributed by atoms with E-state index in [0.717, 1.165) is 11.3 Å². The summed E-state index contributed by atoms with van der Waals surface area (Å²) in [6.45, 7) is 0. The summed E-state index contributed by atoms with van der Waals surface area (Å²) in [5.74, 6) is 1.14. The first-order valence-corrected chi connectivity index (χ1v) is 3.11. The zero-order chi connectivity index (χ0) is 4.48. The molecular formula is C7H8. The summed E-state index contributed by atoms with van der Waals surface area (Å²) in [6.07, 6.45) is 7.01. The highest BCUT2D eigenvalue weighted by Crippen LogP contribution is 2.72. The van der Waals surface area contributed by atoms with Gasteiger partial charge in [0.05, 0.1) is 0 Å². The average Bonchev–Trinajstić information content (AvgIpc) is 2.03. The molecule has 0 amide bonds. The highest BCUT2D eigenvalue weighted by atomic mass is 14.6. The largest absolute Gasteiger partial charge is 0.0742 e. The Kier molecular flexibility index (Phi) is 0.216. The van der Waals surface area contributed by atoms with E-state index in [4.69, 9.17) is 0 Å². The molecule has 0 N–H and O–H groups in total. The van der Waals surface area contributed by atoms with Gasteiger partial charge in [0.1, 0.15) is 0 Å². The molecule has 4 aliphatic carbocycles. The van der Waals surface area contributed by atoms with Gasteiger partial charge in [-0.15, -0.1) is 0 Å². The fourth-order valence-corrected chi connectivity index (χ4v) is 2.37. The van der Waals surface area contributed by atoms with Crippen LogP contribution in [0.25, 0.3) is 0 Å². The number of allylic oxidation sites excluding steroid dienone is 2. The second-order valence-corrected chi connectivity index (χ2v) is 3.30. The van der Waals surface area contributed by atoms with Crippen molar-refractivity contribution in [1.82, 2.24) is 0 Å². The van der Waals surface area contributed by atoms with Crippen LogP contribution in [0, 0.1) is 11.3 Å². The molecule has 0 aromatic rings. The van der Waals surface area contributed by atoms with Crippen LogP contribution in [0.2, 0.25) is 0 Å². The Hall–Kier alpha value is -0.260.